The molecule has 1 fully saturated rings. The maximum absolute atomic E-state index is 5.40. The smallest absolute Gasteiger partial charge is 0.193 e. The molecule has 2 unspecified atom stereocenters. The van der Waals surface area contributed by atoms with E-state index in [1.165, 1.54) is 11.1 Å². The second-order valence-corrected chi connectivity index (χ2v) is 7.53. The summed E-state index contributed by atoms with van der Waals surface area (Å²) in [5.74, 6) is 2.44. The van der Waals surface area contributed by atoms with Crippen molar-refractivity contribution in [3.63, 3.8) is 0 Å². The number of hydrogen-bond acceptors (Lipinski definition) is 3. The van der Waals surface area contributed by atoms with Crippen LogP contribution in [0.4, 0.5) is 0 Å². The molecular weight excluding hydrogens is 348 g/mol. The van der Waals surface area contributed by atoms with Gasteiger partial charge in [0.15, 0.2) is 5.96 Å². The minimum atomic E-state index is 0.236. The first kappa shape index (κ1) is 20.2. The third kappa shape index (κ3) is 4.84. The van der Waals surface area contributed by atoms with Gasteiger partial charge < -0.3 is 19.9 Å². The molecule has 1 N–H and O–H groups in total. The molecule has 5 nitrogen and oxygen atoms in total. The van der Waals surface area contributed by atoms with E-state index in [0.717, 1.165) is 37.8 Å². The zero-order valence-electron chi connectivity index (χ0n) is 17.4. The number of methoxy groups -OCH3 is 1. The summed E-state index contributed by atoms with van der Waals surface area (Å²) in [6.45, 7) is 2.83. The zero-order valence-corrected chi connectivity index (χ0v) is 17.4. The first-order valence-electron chi connectivity index (χ1n) is 9.93. The van der Waals surface area contributed by atoms with Gasteiger partial charge in [0.05, 0.1) is 13.2 Å². The molecule has 0 bridgehead atoms. The summed E-state index contributed by atoms with van der Waals surface area (Å²) < 4.78 is 5.40. The van der Waals surface area contributed by atoms with Crippen LogP contribution in [0.2, 0.25) is 0 Å². The third-order valence-electron chi connectivity index (χ3n) is 5.53. The quantitative estimate of drug-likeness (QED) is 0.616. The first-order chi connectivity index (χ1) is 13.6. The van der Waals surface area contributed by atoms with Gasteiger partial charge in [-0.15, -0.1) is 0 Å². The Hall–Kier alpha value is -2.53. The van der Waals surface area contributed by atoms with Crippen LogP contribution < -0.4 is 10.1 Å². The van der Waals surface area contributed by atoms with Crippen LogP contribution in [-0.2, 0) is 0 Å². The van der Waals surface area contributed by atoms with Crippen molar-refractivity contribution < 1.29 is 4.74 Å². The van der Waals surface area contributed by atoms with Crippen molar-refractivity contribution in [2.24, 2.45) is 4.99 Å². The van der Waals surface area contributed by atoms with Crippen LogP contribution in [0.25, 0.3) is 0 Å². The number of hydrogen-bond donors (Lipinski definition) is 1. The molecule has 3 rings (SSSR count). The molecule has 1 aliphatic rings. The van der Waals surface area contributed by atoms with E-state index in [0.29, 0.717) is 5.92 Å². The Labute approximate surface area is 169 Å². The van der Waals surface area contributed by atoms with E-state index < -0.39 is 0 Å². The molecule has 2 atom stereocenters. The minimum Gasteiger partial charge on any atom is -0.497 e. The van der Waals surface area contributed by atoms with Crippen molar-refractivity contribution in [1.29, 1.82) is 0 Å². The van der Waals surface area contributed by atoms with Gasteiger partial charge in [-0.2, -0.15) is 0 Å². The lowest BCUT2D eigenvalue weighted by atomic mass is 9.99. The largest absolute Gasteiger partial charge is 0.497 e. The molecule has 1 saturated heterocycles. The molecule has 5 heteroatoms. The van der Waals surface area contributed by atoms with E-state index in [4.69, 9.17) is 4.74 Å². The second kappa shape index (κ2) is 9.60. The van der Waals surface area contributed by atoms with Crippen molar-refractivity contribution in [2.75, 3.05) is 47.9 Å². The van der Waals surface area contributed by atoms with Gasteiger partial charge in [0.1, 0.15) is 5.75 Å². The molecule has 2 aromatic carbocycles. The predicted octanol–water partition coefficient (Wildman–Crippen LogP) is 3.36. The lowest BCUT2D eigenvalue weighted by Gasteiger charge is -2.28. The summed E-state index contributed by atoms with van der Waals surface area (Å²) in [6, 6.07) is 19.3. The summed E-state index contributed by atoms with van der Waals surface area (Å²) in [4.78, 5) is 9.14. The van der Waals surface area contributed by atoms with Gasteiger partial charge >= 0.3 is 0 Å². The van der Waals surface area contributed by atoms with Gasteiger partial charge in [0.25, 0.3) is 0 Å². The van der Waals surface area contributed by atoms with Gasteiger partial charge in [0.2, 0.25) is 0 Å². The lowest BCUT2D eigenvalue weighted by Crippen LogP contribution is -2.43. The van der Waals surface area contributed by atoms with Gasteiger partial charge in [-0.05, 0) is 43.8 Å². The van der Waals surface area contributed by atoms with E-state index in [2.05, 4.69) is 76.7 Å². The fraction of sp³-hybridized carbons (Fsp3) is 0.435. The molecule has 0 spiro atoms. The Morgan fingerprint density at radius 2 is 2.00 bits per heavy atom. The number of rotatable bonds is 6. The van der Waals surface area contributed by atoms with Crippen molar-refractivity contribution in [1.82, 2.24) is 15.1 Å². The molecule has 28 heavy (non-hydrogen) atoms. The van der Waals surface area contributed by atoms with E-state index in [1.54, 1.807) is 7.11 Å². The second-order valence-electron chi connectivity index (χ2n) is 7.53. The normalized spacial score (nSPS) is 18.4. The molecule has 0 amide bonds. The van der Waals surface area contributed by atoms with Crippen molar-refractivity contribution in [2.45, 2.75) is 18.4 Å². The molecule has 2 aromatic rings. The van der Waals surface area contributed by atoms with Crippen molar-refractivity contribution in [3.8, 4) is 5.75 Å². The maximum Gasteiger partial charge on any atom is 0.193 e. The van der Waals surface area contributed by atoms with Crippen LogP contribution in [-0.4, -0.2) is 63.6 Å². The highest BCUT2D eigenvalue weighted by Crippen LogP contribution is 2.27. The number of ether oxygens (including phenoxy) is 1. The van der Waals surface area contributed by atoms with E-state index >= 15 is 0 Å². The van der Waals surface area contributed by atoms with E-state index in [-0.39, 0.29) is 6.04 Å². The SMILES string of the molecule is CN=C(NCC(c1cccc(OC)c1)N(C)C)N1CCC(c2ccccc2)C1. The van der Waals surface area contributed by atoms with Crippen LogP contribution in [0.5, 0.6) is 5.75 Å². The number of nitrogens with zero attached hydrogens (tertiary/aromatic N) is 3. The predicted molar refractivity (Wildman–Crippen MR) is 116 cm³/mol. The van der Waals surface area contributed by atoms with Crippen molar-refractivity contribution in [3.05, 3.63) is 65.7 Å². The van der Waals surface area contributed by atoms with Gasteiger partial charge in [-0.3, -0.25) is 4.99 Å². The molecule has 0 radical (unpaired) electrons. The Balaban J connectivity index is 1.64. The fourth-order valence-corrected chi connectivity index (χ4v) is 3.92. The number of benzene rings is 2. The third-order valence-corrected chi connectivity index (χ3v) is 5.53. The maximum atomic E-state index is 5.40. The van der Waals surface area contributed by atoms with Crippen LogP contribution in [0, 0.1) is 0 Å². The number of likely N-dealkylation sites (tertiary alicyclic amines) is 1. The Bertz CT molecular complexity index is 775. The first-order valence-corrected chi connectivity index (χ1v) is 9.93. The summed E-state index contributed by atoms with van der Waals surface area (Å²) in [7, 11) is 7.79. The summed E-state index contributed by atoms with van der Waals surface area (Å²) in [5, 5.41) is 3.59. The van der Waals surface area contributed by atoms with Crippen LogP contribution in [0.1, 0.15) is 29.5 Å². The van der Waals surface area contributed by atoms with E-state index in [9.17, 15) is 0 Å². The molecule has 1 heterocycles. The molecule has 0 saturated carbocycles. The Kier molecular flexibility index (Phi) is 6.93. The highest BCUT2D eigenvalue weighted by atomic mass is 16.5. The van der Waals surface area contributed by atoms with E-state index in [1.807, 2.05) is 19.2 Å². The Morgan fingerprint density at radius 1 is 1.21 bits per heavy atom. The lowest BCUT2D eigenvalue weighted by molar-refractivity contribution is 0.294. The highest BCUT2D eigenvalue weighted by Gasteiger charge is 2.26. The molecule has 1 aliphatic heterocycles. The van der Waals surface area contributed by atoms with Gasteiger partial charge in [0, 0.05) is 32.6 Å². The fourth-order valence-electron chi connectivity index (χ4n) is 3.92. The van der Waals surface area contributed by atoms with Crippen LogP contribution >= 0.6 is 0 Å². The standard InChI is InChI=1S/C23H32N4O/c1-24-23(27-14-13-20(17-27)18-9-6-5-7-10-18)25-16-22(26(2)3)19-11-8-12-21(15-19)28-4/h5-12,15,20,22H,13-14,16-17H2,1-4H3,(H,24,25). The zero-order chi connectivity index (χ0) is 19.9. The minimum absolute atomic E-state index is 0.236. The summed E-state index contributed by atoms with van der Waals surface area (Å²) in [6.07, 6.45) is 1.16. The average Bonchev–Trinajstić information content (AvgIpc) is 3.21. The number of aliphatic imine (C=N–C) groups is 1. The number of guanidine groups is 1. The van der Waals surface area contributed by atoms with Gasteiger partial charge in [-0.1, -0.05) is 42.5 Å². The van der Waals surface area contributed by atoms with Crippen LogP contribution in [0.3, 0.4) is 0 Å². The Morgan fingerprint density at radius 3 is 2.68 bits per heavy atom. The van der Waals surface area contributed by atoms with Gasteiger partial charge in [-0.25, -0.2) is 0 Å². The molecular formula is C23H32N4O. The number of likely N-dealkylation sites (N-methyl/N-ethyl adjacent to an activating group) is 1. The highest BCUT2D eigenvalue weighted by molar-refractivity contribution is 5.80. The molecule has 150 valence electrons. The monoisotopic (exact) mass is 380 g/mol. The van der Waals surface area contributed by atoms with Crippen LogP contribution in [0.15, 0.2) is 59.6 Å². The van der Waals surface area contributed by atoms with Crippen molar-refractivity contribution >= 4 is 5.96 Å². The average molecular weight is 381 g/mol. The summed E-state index contributed by atoms with van der Waals surface area (Å²) >= 11 is 0. The number of nitrogens with one attached hydrogen (secondary N) is 1. The molecule has 0 aliphatic carbocycles. The summed E-state index contributed by atoms with van der Waals surface area (Å²) in [5.41, 5.74) is 2.65. The molecule has 0 aromatic heterocycles. The topological polar surface area (TPSA) is 40.1 Å².